The zero-order valence-electron chi connectivity index (χ0n) is 15.7. The van der Waals surface area contributed by atoms with Gasteiger partial charge in [0.05, 0.1) is 5.69 Å². The van der Waals surface area contributed by atoms with Gasteiger partial charge in [0.1, 0.15) is 0 Å². The number of fused-ring (bicyclic) bond motifs is 1. The molecule has 0 saturated carbocycles. The molecule has 3 rings (SSSR count). The molecule has 1 atom stereocenters. The van der Waals surface area contributed by atoms with Crippen LogP contribution in [0.1, 0.15) is 31.7 Å². The van der Waals surface area contributed by atoms with Crippen LogP contribution in [0.25, 0.3) is 0 Å². The predicted octanol–water partition coefficient (Wildman–Crippen LogP) is 4.04. The summed E-state index contributed by atoms with van der Waals surface area (Å²) in [6.45, 7) is 3.46. The Bertz CT molecular complexity index is 779. The van der Waals surface area contributed by atoms with E-state index in [0.717, 1.165) is 23.4 Å². The van der Waals surface area contributed by atoms with Crippen LogP contribution in [0.4, 0.5) is 5.69 Å². The third kappa shape index (κ3) is 5.60. The van der Waals surface area contributed by atoms with Crippen molar-refractivity contribution in [2.24, 2.45) is 0 Å². The molecule has 2 aromatic rings. The molecule has 2 amide bonds. The summed E-state index contributed by atoms with van der Waals surface area (Å²) in [5.41, 5.74) is 2.24. The predicted molar refractivity (Wildman–Crippen MR) is 111 cm³/mol. The summed E-state index contributed by atoms with van der Waals surface area (Å²) < 4.78 is 0. The second-order valence-corrected chi connectivity index (χ2v) is 8.32. The number of nitrogens with one attached hydrogen (secondary N) is 1. The third-order valence-corrected chi connectivity index (χ3v) is 5.75. The van der Waals surface area contributed by atoms with E-state index in [1.165, 1.54) is 5.56 Å². The van der Waals surface area contributed by atoms with Gasteiger partial charge >= 0.3 is 0 Å². The Morgan fingerprint density at radius 3 is 2.63 bits per heavy atom. The molecule has 4 nitrogen and oxygen atoms in total. The molecule has 0 aliphatic carbocycles. The Morgan fingerprint density at radius 1 is 1.07 bits per heavy atom. The third-order valence-electron chi connectivity index (χ3n) is 4.60. The topological polar surface area (TPSA) is 49.4 Å². The van der Waals surface area contributed by atoms with Gasteiger partial charge in [0, 0.05) is 36.1 Å². The van der Waals surface area contributed by atoms with Gasteiger partial charge in [-0.3, -0.25) is 9.59 Å². The number of rotatable bonds is 7. The summed E-state index contributed by atoms with van der Waals surface area (Å²) in [7, 11) is 0. The van der Waals surface area contributed by atoms with Crippen molar-refractivity contribution < 1.29 is 9.59 Å². The summed E-state index contributed by atoms with van der Waals surface area (Å²) >= 11 is 1.80. The fourth-order valence-electron chi connectivity index (χ4n) is 3.23. The number of amides is 2. The lowest BCUT2D eigenvalue weighted by molar-refractivity contribution is -0.125. The fraction of sp³-hybridized carbons (Fsp3) is 0.364. The van der Waals surface area contributed by atoms with Crippen LogP contribution in [0.3, 0.4) is 0 Å². The smallest absolute Gasteiger partial charge is 0.227 e. The van der Waals surface area contributed by atoms with E-state index in [-0.39, 0.29) is 24.7 Å². The van der Waals surface area contributed by atoms with Crippen LogP contribution in [0, 0.1) is 0 Å². The van der Waals surface area contributed by atoms with E-state index >= 15 is 0 Å². The molecule has 0 fully saturated rings. The van der Waals surface area contributed by atoms with Crippen LogP contribution >= 0.6 is 11.8 Å². The van der Waals surface area contributed by atoms with Crippen molar-refractivity contribution in [3.8, 4) is 0 Å². The Hall–Kier alpha value is -2.27. The number of anilines is 1. The highest BCUT2D eigenvalue weighted by Crippen LogP contribution is 2.38. The summed E-state index contributed by atoms with van der Waals surface area (Å²) in [6, 6.07) is 18.2. The van der Waals surface area contributed by atoms with Gasteiger partial charge in [-0.1, -0.05) is 49.4 Å². The van der Waals surface area contributed by atoms with Crippen molar-refractivity contribution in [2.75, 3.05) is 18.0 Å². The van der Waals surface area contributed by atoms with Gasteiger partial charge in [0.2, 0.25) is 11.8 Å². The lowest BCUT2D eigenvalue weighted by Gasteiger charge is -2.32. The fourth-order valence-corrected chi connectivity index (χ4v) is 4.35. The summed E-state index contributed by atoms with van der Waals surface area (Å²) in [5.74, 6) is -0.0295. The number of hydrogen-bond acceptors (Lipinski definition) is 3. The molecule has 1 N–H and O–H groups in total. The van der Waals surface area contributed by atoms with Crippen LogP contribution < -0.4 is 10.2 Å². The second kappa shape index (κ2) is 9.60. The van der Waals surface area contributed by atoms with E-state index in [9.17, 15) is 9.59 Å². The maximum absolute atomic E-state index is 12.7. The lowest BCUT2D eigenvalue weighted by Crippen LogP contribution is -2.39. The molecule has 0 radical (unpaired) electrons. The summed E-state index contributed by atoms with van der Waals surface area (Å²) in [5, 5.41) is 3.28. The Morgan fingerprint density at radius 2 is 1.81 bits per heavy atom. The SMILES string of the molecule is C[C@@H]1CN(C(=O)CCC(=O)NCCCc2ccccc2)c2ccccc2S1. The van der Waals surface area contributed by atoms with Crippen molar-refractivity contribution in [3.63, 3.8) is 0 Å². The van der Waals surface area contributed by atoms with Crippen LogP contribution in [-0.4, -0.2) is 30.2 Å². The minimum atomic E-state index is -0.0517. The van der Waals surface area contributed by atoms with Gasteiger partial charge in [-0.2, -0.15) is 0 Å². The van der Waals surface area contributed by atoms with E-state index in [2.05, 4.69) is 30.4 Å². The van der Waals surface area contributed by atoms with E-state index in [0.29, 0.717) is 18.3 Å². The molecule has 0 bridgehead atoms. The Balaban J connectivity index is 1.42. The molecule has 0 unspecified atom stereocenters. The normalized spacial score (nSPS) is 15.9. The van der Waals surface area contributed by atoms with Crippen LogP contribution in [0.2, 0.25) is 0 Å². The molecule has 27 heavy (non-hydrogen) atoms. The second-order valence-electron chi connectivity index (χ2n) is 6.84. The van der Waals surface area contributed by atoms with Crippen molar-refractivity contribution in [2.45, 2.75) is 42.8 Å². The summed E-state index contributed by atoms with van der Waals surface area (Å²) in [4.78, 5) is 27.7. The maximum Gasteiger partial charge on any atom is 0.227 e. The Labute approximate surface area is 165 Å². The zero-order valence-corrected chi connectivity index (χ0v) is 16.5. The highest BCUT2D eigenvalue weighted by atomic mass is 32.2. The standard InChI is InChI=1S/C22H26N2O2S/c1-17-16-24(19-11-5-6-12-20(19)27-17)22(26)14-13-21(25)23-15-7-10-18-8-3-2-4-9-18/h2-6,8-9,11-12,17H,7,10,13-16H2,1H3,(H,23,25)/t17-/m1/s1. The summed E-state index contributed by atoms with van der Waals surface area (Å²) in [6.07, 6.45) is 2.33. The van der Waals surface area contributed by atoms with Gasteiger partial charge in [-0.05, 0) is 30.5 Å². The lowest BCUT2D eigenvalue weighted by atomic mass is 10.1. The number of carbonyl (C=O) groups excluding carboxylic acids is 2. The highest BCUT2D eigenvalue weighted by Gasteiger charge is 2.26. The minimum Gasteiger partial charge on any atom is -0.356 e. The molecule has 0 saturated heterocycles. The first-order chi connectivity index (χ1) is 13.1. The number of carbonyl (C=O) groups is 2. The molecule has 142 valence electrons. The minimum absolute atomic E-state index is 0.0223. The van der Waals surface area contributed by atoms with Crippen molar-refractivity contribution in [1.29, 1.82) is 0 Å². The molecule has 1 aliphatic heterocycles. The zero-order chi connectivity index (χ0) is 19.1. The largest absolute Gasteiger partial charge is 0.356 e. The number of aryl methyl sites for hydroxylation is 1. The molecule has 0 spiro atoms. The van der Waals surface area contributed by atoms with E-state index < -0.39 is 0 Å². The van der Waals surface area contributed by atoms with Crippen LogP contribution in [0.15, 0.2) is 59.5 Å². The Kier molecular flexibility index (Phi) is 6.93. The van der Waals surface area contributed by atoms with Gasteiger partial charge in [0.15, 0.2) is 0 Å². The molecule has 2 aromatic carbocycles. The number of para-hydroxylation sites is 1. The first kappa shape index (κ1) is 19.5. The molecule has 0 aromatic heterocycles. The average molecular weight is 383 g/mol. The van der Waals surface area contributed by atoms with Gasteiger partial charge in [-0.25, -0.2) is 0 Å². The number of hydrogen-bond donors (Lipinski definition) is 1. The first-order valence-electron chi connectivity index (χ1n) is 9.50. The van der Waals surface area contributed by atoms with Crippen molar-refractivity contribution in [3.05, 3.63) is 60.2 Å². The monoisotopic (exact) mass is 382 g/mol. The van der Waals surface area contributed by atoms with Gasteiger partial charge in [-0.15, -0.1) is 11.8 Å². The quantitative estimate of drug-likeness (QED) is 0.735. The van der Waals surface area contributed by atoms with Gasteiger partial charge < -0.3 is 10.2 Å². The number of benzene rings is 2. The molecular formula is C22H26N2O2S. The molecule has 1 aliphatic rings. The van der Waals surface area contributed by atoms with Crippen molar-refractivity contribution in [1.82, 2.24) is 5.32 Å². The van der Waals surface area contributed by atoms with E-state index in [4.69, 9.17) is 0 Å². The van der Waals surface area contributed by atoms with Crippen molar-refractivity contribution >= 4 is 29.3 Å². The van der Waals surface area contributed by atoms with Crippen LogP contribution in [-0.2, 0) is 16.0 Å². The molecular weight excluding hydrogens is 356 g/mol. The number of nitrogens with zero attached hydrogens (tertiary/aromatic N) is 1. The number of thioether (sulfide) groups is 1. The van der Waals surface area contributed by atoms with E-state index in [1.54, 1.807) is 11.8 Å². The highest BCUT2D eigenvalue weighted by molar-refractivity contribution is 8.00. The van der Waals surface area contributed by atoms with Crippen LogP contribution in [0.5, 0.6) is 0 Å². The maximum atomic E-state index is 12.7. The molecule has 1 heterocycles. The first-order valence-corrected chi connectivity index (χ1v) is 10.4. The van der Waals surface area contributed by atoms with E-state index in [1.807, 2.05) is 41.3 Å². The molecule has 5 heteroatoms. The van der Waals surface area contributed by atoms with Gasteiger partial charge in [0.25, 0.3) is 0 Å². The average Bonchev–Trinajstić information content (AvgIpc) is 2.69.